The van der Waals surface area contributed by atoms with Crippen molar-refractivity contribution in [2.24, 2.45) is 5.16 Å². The van der Waals surface area contributed by atoms with E-state index < -0.39 is 0 Å². The predicted molar refractivity (Wildman–Crippen MR) is 144 cm³/mol. The lowest BCUT2D eigenvalue weighted by atomic mass is 9.80. The number of oxime groups is 1. The smallest absolute Gasteiger partial charge is 0.261 e. The zero-order valence-electron chi connectivity index (χ0n) is 19.5. The number of nitrogens with zero attached hydrogens (tertiary/aromatic N) is 1. The Bertz CT molecular complexity index is 1370. The van der Waals surface area contributed by atoms with E-state index in [1.165, 1.54) is 29.0 Å². The molecule has 182 valence electrons. The molecule has 0 spiro atoms. The van der Waals surface area contributed by atoms with Crippen LogP contribution in [0, 0.1) is 5.82 Å². The molecule has 1 heterocycles. The molecule has 0 radical (unpaired) electrons. The minimum absolute atomic E-state index is 0.00810. The summed E-state index contributed by atoms with van der Waals surface area (Å²) >= 11 is 3.11. The molecule has 36 heavy (non-hydrogen) atoms. The van der Waals surface area contributed by atoms with E-state index in [1.54, 1.807) is 23.9 Å². The minimum Gasteiger partial charge on any atom is -0.411 e. The van der Waals surface area contributed by atoms with Gasteiger partial charge in [-0.15, -0.1) is 23.1 Å². The van der Waals surface area contributed by atoms with Crippen molar-refractivity contribution < 1.29 is 14.4 Å². The monoisotopic (exact) mass is 516 g/mol. The molecule has 0 saturated heterocycles. The fraction of sp³-hybridized carbons (Fsp3) is 0.172. The highest BCUT2D eigenvalue weighted by Gasteiger charge is 2.34. The first-order valence-electron chi connectivity index (χ1n) is 11.7. The van der Waals surface area contributed by atoms with E-state index in [9.17, 15) is 14.4 Å². The quantitative estimate of drug-likeness (QED) is 0.158. The molecule has 0 saturated carbocycles. The Labute approximate surface area is 217 Å². The maximum atomic E-state index is 13.5. The molecule has 3 aromatic carbocycles. The van der Waals surface area contributed by atoms with E-state index in [0.717, 1.165) is 32.2 Å². The zero-order chi connectivity index (χ0) is 24.9. The van der Waals surface area contributed by atoms with Gasteiger partial charge >= 0.3 is 0 Å². The predicted octanol–water partition coefficient (Wildman–Crippen LogP) is 7.02. The summed E-state index contributed by atoms with van der Waals surface area (Å²) < 4.78 is 14.5. The number of fused-ring (bicyclic) bond motifs is 1. The number of carbonyl (C=O) groups is 1. The lowest BCUT2D eigenvalue weighted by Gasteiger charge is -2.25. The number of halogens is 1. The third-order valence-corrected chi connectivity index (χ3v) is 8.90. The summed E-state index contributed by atoms with van der Waals surface area (Å²) in [5, 5.41) is 16.7. The fourth-order valence-electron chi connectivity index (χ4n) is 4.51. The van der Waals surface area contributed by atoms with Crippen molar-refractivity contribution in [2.75, 3.05) is 0 Å². The number of thioether (sulfide) groups is 1. The molecule has 7 heteroatoms. The first-order valence-corrected chi connectivity index (χ1v) is 13.5. The van der Waals surface area contributed by atoms with Gasteiger partial charge in [0.05, 0.1) is 14.8 Å². The number of benzene rings is 3. The van der Waals surface area contributed by atoms with Crippen LogP contribution in [0.2, 0.25) is 0 Å². The van der Waals surface area contributed by atoms with Crippen LogP contribution in [0.1, 0.15) is 49.8 Å². The molecule has 1 aliphatic rings. The molecule has 1 aliphatic carbocycles. The molecule has 4 nitrogen and oxygen atoms in total. The van der Waals surface area contributed by atoms with E-state index in [2.05, 4.69) is 22.6 Å². The summed E-state index contributed by atoms with van der Waals surface area (Å²) in [4.78, 5) is 14.0. The van der Waals surface area contributed by atoms with Crippen molar-refractivity contribution in [2.45, 2.75) is 35.3 Å². The molecule has 4 aromatic rings. The van der Waals surface area contributed by atoms with Gasteiger partial charge < -0.3 is 10.5 Å². The number of nitrogens with one attached hydrogen (secondary N) is 1. The normalized spacial score (nSPS) is 16.0. The van der Waals surface area contributed by atoms with Gasteiger partial charge in [-0.25, -0.2) is 4.39 Å². The molecular formula is C29H25FN2O2S2. The largest absolute Gasteiger partial charge is 0.411 e. The van der Waals surface area contributed by atoms with Crippen LogP contribution in [0.25, 0.3) is 0 Å². The molecule has 0 aliphatic heterocycles. The number of amides is 1. The van der Waals surface area contributed by atoms with Gasteiger partial charge in [0.2, 0.25) is 0 Å². The Hall–Kier alpha value is -3.42. The second-order valence-electron chi connectivity index (χ2n) is 8.72. The van der Waals surface area contributed by atoms with E-state index >= 15 is 0 Å². The standard InChI is InChI=1S/C29H25FN2O2S2/c30-23-13-11-21(12-14-23)22-15-24-26(25(16-22)32-34)29(35-18-20-9-5-2-6-10-20)36-27(24)28(33)31-17-19-7-3-1-4-8-19/h1-14,22,34H,15-18H2,(H,31,33)/b32-25+. The Balaban J connectivity index is 1.48. The SMILES string of the molecule is O=C(NCc1ccccc1)c1sc(SCc2ccccc2)c2c1CC(c1ccc(F)cc1)C/C2=N\O. The summed E-state index contributed by atoms with van der Waals surface area (Å²) in [6.07, 6.45) is 1.15. The Morgan fingerprint density at radius 3 is 2.31 bits per heavy atom. The average Bonchev–Trinajstić information content (AvgIpc) is 3.30. The van der Waals surface area contributed by atoms with Gasteiger partial charge in [0.1, 0.15) is 5.82 Å². The van der Waals surface area contributed by atoms with Gasteiger partial charge in [-0.1, -0.05) is 78.0 Å². The summed E-state index contributed by atoms with van der Waals surface area (Å²) in [6, 6.07) is 26.4. The van der Waals surface area contributed by atoms with Crippen LogP contribution in [-0.2, 0) is 18.7 Å². The summed E-state index contributed by atoms with van der Waals surface area (Å²) in [5.74, 6) is 0.316. The van der Waals surface area contributed by atoms with Crippen molar-refractivity contribution >= 4 is 34.7 Å². The molecule has 1 atom stereocenters. The van der Waals surface area contributed by atoms with E-state index in [1.807, 2.05) is 48.5 Å². The highest BCUT2D eigenvalue weighted by molar-refractivity contribution is 8.00. The van der Waals surface area contributed by atoms with Gasteiger partial charge in [-0.2, -0.15) is 0 Å². The van der Waals surface area contributed by atoms with E-state index in [-0.39, 0.29) is 17.6 Å². The zero-order valence-corrected chi connectivity index (χ0v) is 21.1. The molecule has 0 bridgehead atoms. The third kappa shape index (κ3) is 5.37. The van der Waals surface area contributed by atoms with E-state index in [0.29, 0.717) is 30.0 Å². The summed E-state index contributed by atoms with van der Waals surface area (Å²) in [6.45, 7) is 0.432. The van der Waals surface area contributed by atoms with Crippen molar-refractivity contribution in [3.05, 3.63) is 123 Å². The van der Waals surface area contributed by atoms with Crippen LogP contribution in [-0.4, -0.2) is 16.8 Å². The summed E-state index contributed by atoms with van der Waals surface area (Å²) in [5.41, 5.74) is 5.50. The summed E-state index contributed by atoms with van der Waals surface area (Å²) in [7, 11) is 0. The number of thiophene rings is 1. The molecule has 1 aromatic heterocycles. The lowest BCUT2D eigenvalue weighted by Crippen LogP contribution is -2.25. The third-order valence-electron chi connectivity index (χ3n) is 6.33. The fourth-order valence-corrected chi connectivity index (χ4v) is 7.05. The number of hydrogen-bond acceptors (Lipinski definition) is 5. The molecule has 5 rings (SSSR count). The number of hydrogen-bond donors (Lipinski definition) is 2. The maximum Gasteiger partial charge on any atom is 0.261 e. The van der Waals surface area contributed by atoms with Crippen LogP contribution in [0.5, 0.6) is 0 Å². The average molecular weight is 517 g/mol. The van der Waals surface area contributed by atoms with Gasteiger partial charge in [0, 0.05) is 24.3 Å². The first kappa shape index (κ1) is 24.3. The molecule has 2 N–H and O–H groups in total. The lowest BCUT2D eigenvalue weighted by molar-refractivity contribution is 0.0954. The van der Waals surface area contributed by atoms with Crippen molar-refractivity contribution in [1.82, 2.24) is 5.32 Å². The first-order chi connectivity index (χ1) is 17.6. The van der Waals surface area contributed by atoms with Crippen LogP contribution in [0.4, 0.5) is 4.39 Å². The van der Waals surface area contributed by atoms with Crippen LogP contribution >= 0.6 is 23.1 Å². The second kappa shape index (κ2) is 11.1. The molecule has 0 fully saturated rings. The highest BCUT2D eigenvalue weighted by atomic mass is 32.2. The van der Waals surface area contributed by atoms with Gasteiger partial charge in [0.15, 0.2) is 0 Å². The van der Waals surface area contributed by atoms with Gasteiger partial charge in [-0.05, 0) is 46.7 Å². The maximum absolute atomic E-state index is 13.5. The highest BCUT2D eigenvalue weighted by Crippen LogP contribution is 2.45. The Kier molecular flexibility index (Phi) is 7.49. The van der Waals surface area contributed by atoms with Crippen molar-refractivity contribution in [1.29, 1.82) is 0 Å². The molecule has 1 amide bonds. The topological polar surface area (TPSA) is 61.7 Å². The van der Waals surface area contributed by atoms with Gasteiger partial charge in [0.25, 0.3) is 5.91 Å². The van der Waals surface area contributed by atoms with Crippen LogP contribution in [0.15, 0.2) is 94.3 Å². The Morgan fingerprint density at radius 1 is 0.972 bits per heavy atom. The molecule has 1 unspecified atom stereocenters. The second-order valence-corrected chi connectivity index (χ2v) is 11.0. The van der Waals surface area contributed by atoms with Crippen molar-refractivity contribution in [3.8, 4) is 0 Å². The van der Waals surface area contributed by atoms with E-state index in [4.69, 9.17) is 0 Å². The minimum atomic E-state index is -0.289. The van der Waals surface area contributed by atoms with Gasteiger partial charge in [-0.3, -0.25) is 4.79 Å². The number of rotatable bonds is 7. The number of carbonyl (C=O) groups excluding carboxylic acids is 1. The van der Waals surface area contributed by atoms with Crippen LogP contribution in [0.3, 0.4) is 0 Å². The Morgan fingerprint density at radius 2 is 1.64 bits per heavy atom. The van der Waals surface area contributed by atoms with Crippen molar-refractivity contribution in [3.63, 3.8) is 0 Å². The molecular weight excluding hydrogens is 491 g/mol. The van der Waals surface area contributed by atoms with Crippen LogP contribution < -0.4 is 5.32 Å².